The molecular formula is C17H14N3P. The van der Waals surface area contributed by atoms with Crippen LogP contribution in [0.3, 0.4) is 0 Å². The van der Waals surface area contributed by atoms with Crippen LogP contribution in [-0.4, -0.2) is 5.42 Å². The van der Waals surface area contributed by atoms with Crippen LogP contribution in [-0.2, 0) is 0 Å². The average molecular weight is 291 g/mol. The Morgan fingerprint density at radius 3 is 1.90 bits per heavy atom. The van der Waals surface area contributed by atoms with Gasteiger partial charge in [-0.15, -0.1) is 0 Å². The van der Waals surface area contributed by atoms with Crippen LogP contribution in [0.4, 0.5) is 0 Å². The molecule has 102 valence electrons. The molecule has 0 atom stereocenters. The Kier molecular flexibility index (Phi) is 3.79. The van der Waals surface area contributed by atoms with E-state index < -0.39 is 6.89 Å². The monoisotopic (exact) mass is 291 g/mol. The van der Waals surface area contributed by atoms with E-state index in [4.69, 9.17) is 5.53 Å². The Balaban J connectivity index is 2.44. The molecule has 0 saturated carbocycles. The fourth-order valence-electron chi connectivity index (χ4n) is 2.58. The molecule has 0 radical (unpaired) electrons. The van der Waals surface area contributed by atoms with Crippen molar-refractivity contribution in [1.82, 2.24) is 0 Å². The maximum absolute atomic E-state index is 8.94. The number of allylic oxidation sites excluding steroid dienone is 2. The Morgan fingerprint density at radius 1 is 0.810 bits per heavy atom. The Labute approximate surface area is 123 Å². The summed E-state index contributed by atoms with van der Waals surface area (Å²) in [4.78, 5) is 3.04. The maximum atomic E-state index is 8.94. The number of nitrogens with zero attached hydrogens (tertiary/aromatic N) is 3. The highest BCUT2D eigenvalue weighted by Crippen LogP contribution is 2.50. The number of hydrogen-bond acceptors (Lipinski definition) is 1. The van der Waals surface area contributed by atoms with E-state index in [0.29, 0.717) is 0 Å². The molecule has 2 aromatic rings. The van der Waals surface area contributed by atoms with Crippen LogP contribution in [0.5, 0.6) is 0 Å². The molecule has 3 nitrogen and oxygen atoms in total. The molecule has 0 bridgehead atoms. The summed E-state index contributed by atoms with van der Waals surface area (Å²) in [5.41, 5.74) is 9.74. The van der Waals surface area contributed by atoms with Crippen molar-refractivity contribution >= 4 is 22.9 Å². The maximum Gasteiger partial charge on any atom is 0.0468 e. The summed E-state index contributed by atoms with van der Waals surface area (Å²) in [6.45, 7) is -1.99. The summed E-state index contributed by atoms with van der Waals surface area (Å²) in [7, 11) is 0. The van der Waals surface area contributed by atoms with E-state index in [1.807, 2.05) is 54.6 Å². The van der Waals surface area contributed by atoms with Gasteiger partial charge in [-0.1, -0.05) is 89.8 Å². The number of hydrogen-bond donors (Lipinski definition) is 0. The smallest absolute Gasteiger partial charge is 0.0468 e. The van der Waals surface area contributed by atoms with Gasteiger partial charge in [0.05, 0.1) is 0 Å². The molecule has 0 aliphatic carbocycles. The molecule has 0 unspecified atom stereocenters. The summed E-state index contributed by atoms with van der Waals surface area (Å²) < 4.78 is 0. The minimum Gasteiger partial charge on any atom is -0.0622 e. The van der Waals surface area contributed by atoms with Gasteiger partial charge in [-0.3, -0.25) is 0 Å². The van der Waals surface area contributed by atoms with Gasteiger partial charge < -0.3 is 0 Å². The molecule has 1 aliphatic rings. The molecule has 0 saturated heterocycles. The van der Waals surface area contributed by atoms with Crippen molar-refractivity contribution in [2.75, 3.05) is 0 Å². The molecular weight excluding hydrogens is 277 g/mol. The fraction of sp³-hybridized carbons (Fsp3) is 0. The lowest BCUT2D eigenvalue weighted by atomic mass is 10.4. The summed E-state index contributed by atoms with van der Waals surface area (Å²) in [6.07, 6.45) is 5.89. The number of rotatable bonds is 3. The summed E-state index contributed by atoms with van der Waals surface area (Å²) in [6, 6.07) is 20.5. The second-order valence-electron chi connectivity index (χ2n) is 4.64. The first-order valence-electron chi connectivity index (χ1n) is 6.66. The van der Waals surface area contributed by atoms with Crippen molar-refractivity contribution in [3.63, 3.8) is 0 Å². The molecule has 3 rings (SSSR count). The lowest BCUT2D eigenvalue weighted by Crippen LogP contribution is -2.20. The first-order valence-corrected chi connectivity index (χ1v) is 8.52. The molecule has 0 aromatic heterocycles. The van der Waals surface area contributed by atoms with Crippen molar-refractivity contribution in [2.45, 2.75) is 0 Å². The second kappa shape index (κ2) is 5.88. The van der Waals surface area contributed by atoms with Crippen LogP contribution in [0.15, 0.2) is 89.8 Å². The van der Waals surface area contributed by atoms with Crippen LogP contribution in [0.2, 0.25) is 0 Å². The van der Waals surface area contributed by atoms with Crippen molar-refractivity contribution in [3.8, 4) is 0 Å². The molecule has 0 spiro atoms. The van der Waals surface area contributed by atoms with Crippen LogP contribution in [0.25, 0.3) is 10.4 Å². The predicted octanol–water partition coefficient (Wildman–Crippen LogP) is 4.18. The molecule has 0 N–H and O–H groups in total. The summed E-state index contributed by atoms with van der Waals surface area (Å²) in [5, 5.41) is 6.39. The largest absolute Gasteiger partial charge is 0.0622 e. The van der Waals surface area contributed by atoms with Gasteiger partial charge >= 0.3 is 0 Å². The summed E-state index contributed by atoms with van der Waals surface area (Å²) >= 11 is 0. The molecule has 4 heteroatoms. The van der Waals surface area contributed by atoms with Crippen LogP contribution in [0.1, 0.15) is 0 Å². The minimum absolute atomic E-state index is 0.796. The average Bonchev–Trinajstić information content (AvgIpc) is 2.57. The number of azide groups is 1. The van der Waals surface area contributed by atoms with E-state index in [9.17, 15) is 0 Å². The standard InChI is InChI=1S/C17H14N3P/c18-20-19-17-13-7-8-14-21(17,15-9-3-1-4-10-15)16-11-5-2-6-12-16/h1-14H. The molecule has 0 amide bonds. The Morgan fingerprint density at radius 2 is 1.38 bits per heavy atom. The molecule has 2 aromatic carbocycles. The third-order valence-corrected chi connectivity index (χ3v) is 7.31. The zero-order valence-electron chi connectivity index (χ0n) is 11.4. The van der Waals surface area contributed by atoms with Gasteiger partial charge in [0, 0.05) is 10.3 Å². The van der Waals surface area contributed by atoms with Gasteiger partial charge in [-0.25, -0.2) is 0 Å². The van der Waals surface area contributed by atoms with Crippen LogP contribution < -0.4 is 10.6 Å². The highest BCUT2D eigenvalue weighted by Gasteiger charge is 2.24. The zero-order chi connectivity index (χ0) is 14.5. The van der Waals surface area contributed by atoms with E-state index in [0.717, 1.165) is 5.42 Å². The first-order chi connectivity index (χ1) is 10.4. The van der Waals surface area contributed by atoms with E-state index in [-0.39, 0.29) is 0 Å². The Hall–Kier alpha value is -2.47. The van der Waals surface area contributed by atoms with E-state index >= 15 is 0 Å². The van der Waals surface area contributed by atoms with Gasteiger partial charge in [-0.2, -0.15) is 0 Å². The Bertz CT molecular complexity index is 755. The van der Waals surface area contributed by atoms with Gasteiger partial charge in [0.15, 0.2) is 0 Å². The van der Waals surface area contributed by atoms with Crippen LogP contribution in [0, 0.1) is 0 Å². The first kappa shape index (κ1) is 13.5. The second-order valence-corrected chi connectivity index (χ2v) is 7.88. The normalized spacial score (nSPS) is 15.5. The summed E-state index contributed by atoms with van der Waals surface area (Å²) in [5.74, 6) is 2.20. The SMILES string of the molecule is [N-]=[N+]=NC1=P(c2ccccc2)(c2ccccc2)C=CC=C1. The quantitative estimate of drug-likeness (QED) is 0.352. The van der Waals surface area contributed by atoms with Crippen molar-refractivity contribution < 1.29 is 0 Å². The highest BCUT2D eigenvalue weighted by atomic mass is 31.2. The topological polar surface area (TPSA) is 48.8 Å². The molecule has 21 heavy (non-hydrogen) atoms. The van der Waals surface area contributed by atoms with Crippen molar-refractivity contribution in [3.05, 3.63) is 95.2 Å². The van der Waals surface area contributed by atoms with Gasteiger partial charge in [0.2, 0.25) is 0 Å². The lowest BCUT2D eigenvalue weighted by molar-refractivity contribution is 1.66. The van der Waals surface area contributed by atoms with E-state index in [1.54, 1.807) is 0 Å². The fourth-order valence-corrected chi connectivity index (χ4v) is 6.04. The third kappa shape index (κ3) is 2.34. The third-order valence-electron chi connectivity index (χ3n) is 3.50. The predicted molar refractivity (Wildman–Crippen MR) is 91.5 cm³/mol. The van der Waals surface area contributed by atoms with E-state index in [2.05, 4.69) is 40.1 Å². The van der Waals surface area contributed by atoms with Gasteiger partial charge in [-0.05, 0) is 23.0 Å². The zero-order valence-corrected chi connectivity index (χ0v) is 12.3. The van der Waals surface area contributed by atoms with Crippen LogP contribution >= 0.6 is 6.89 Å². The molecule has 0 fully saturated rings. The van der Waals surface area contributed by atoms with Gasteiger partial charge in [0.1, 0.15) is 0 Å². The highest BCUT2D eigenvalue weighted by molar-refractivity contribution is 7.92. The van der Waals surface area contributed by atoms with Gasteiger partial charge in [0.25, 0.3) is 0 Å². The molecule has 1 heterocycles. The van der Waals surface area contributed by atoms with Crippen molar-refractivity contribution in [1.29, 1.82) is 0 Å². The number of benzene rings is 2. The molecule has 1 aliphatic heterocycles. The lowest BCUT2D eigenvalue weighted by Gasteiger charge is -2.27. The minimum atomic E-state index is -1.99. The van der Waals surface area contributed by atoms with Crippen molar-refractivity contribution in [2.24, 2.45) is 5.11 Å². The van der Waals surface area contributed by atoms with E-state index in [1.165, 1.54) is 10.6 Å².